The molecule has 1 aliphatic heterocycles. The fraction of sp³-hybridized carbons (Fsp3) is 0.591. The maximum Gasteiger partial charge on any atom is 0.490 e. The molecule has 1 aliphatic rings. The Bertz CT molecular complexity index is 874. The van der Waals surface area contributed by atoms with Gasteiger partial charge in [0.15, 0.2) is 0 Å². The van der Waals surface area contributed by atoms with Crippen LogP contribution < -0.4 is 11.1 Å². The summed E-state index contributed by atoms with van der Waals surface area (Å²) < 4.78 is 31.7. The summed E-state index contributed by atoms with van der Waals surface area (Å²) in [4.78, 5) is 36.2. The average Bonchev–Trinajstić information content (AvgIpc) is 3.21. The lowest BCUT2D eigenvalue weighted by atomic mass is 9.80. The van der Waals surface area contributed by atoms with Crippen LogP contribution in [0.4, 0.5) is 13.2 Å². The van der Waals surface area contributed by atoms with E-state index in [1.807, 2.05) is 26.8 Å². The molecule has 2 amide bonds. The quantitative estimate of drug-likeness (QED) is 0.466. The number of benzene rings is 1. The predicted octanol–water partition coefficient (Wildman–Crippen LogP) is 2.69. The second kappa shape index (κ2) is 12.4. The van der Waals surface area contributed by atoms with Crippen molar-refractivity contribution in [3.05, 3.63) is 34.3 Å². The molecule has 0 saturated carbocycles. The molecule has 1 aromatic carbocycles. The van der Waals surface area contributed by atoms with Crippen LogP contribution in [0.2, 0.25) is 5.02 Å². The molecule has 0 radical (unpaired) electrons. The first-order chi connectivity index (χ1) is 15.6. The van der Waals surface area contributed by atoms with Gasteiger partial charge in [-0.1, -0.05) is 38.4 Å². The lowest BCUT2D eigenvalue weighted by Crippen LogP contribution is -2.50. The summed E-state index contributed by atoms with van der Waals surface area (Å²) in [6.07, 6.45) is -3.68. The summed E-state index contributed by atoms with van der Waals surface area (Å²) in [5.41, 5.74) is 7.17. The maximum atomic E-state index is 12.9. The summed E-state index contributed by atoms with van der Waals surface area (Å²) in [7, 11) is 0. The summed E-state index contributed by atoms with van der Waals surface area (Å²) in [6.45, 7) is 6.75. The van der Waals surface area contributed by atoms with Gasteiger partial charge in [-0.3, -0.25) is 9.59 Å². The van der Waals surface area contributed by atoms with Crippen LogP contribution in [0.15, 0.2) is 18.2 Å². The third-order valence-corrected chi connectivity index (χ3v) is 5.68. The standard InChI is InChI=1S/C20H30ClN3O3.C2HF3O2/c1-20(2,3)16(12-25)19(27)24-8-4-5-17(24)18(26)23-11-14-9-15(21)7-6-13(14)10-22;3-2(4,5)1(6)7/h6-7,9,16-17,25H,4-5,8,10-12,22H2,1-3H3,(H,23,26);(H,6,7)/t16-,17-;/m0./s1. The topological polar surface area (TPSA) is 133 Å². The Balaban J connectivity index is 0.000000718. The van der Waals surface area contributed by atoms with E-state index in [4.69, 9.17) is 27.2 Å². The normalized spacial score (nSPS) is 17.0. The number of aliphatic carboxylic acids is 1. The SMILES string of the molecule is CC(C)(C)[C@@H](CO)C(=O)N1CCC[C@H]1C(=O)NCc1cc(Cl)ccc1CN.O=C(O)C(F)(F)F. The molecule has 12 heteroatoms. The molecule has 0 unspecified atom stereocenters. The number of likely N-dealkylation sites (tertiary alicyclic amines) is 1. The van der Waals surface area contributed by atoms with Gasteiger partial charge in [-0.25, -0.2) is 4.79 Å². The Hall–Kier alpha value is -2.37. The highest BCUT2D eigenvalue weighted by atomic mass is 35.5. The number of hydrogen-bond donors (Lipinski definition) is 4. The zero-order chi connectivity index (χ0) is 26.3. The number of nitrogens with two attached hydrogens (primary N) is 1. The smallest absolute Gasteiger partial charge is 0.475 e. The monoisotopic (exact) mass is 509 g/mol. The highest BCUT2D eigenvalue weighted by molar-refractivity contribution is 6.30. The maximum absolute atomic E-state index is 12.9. The predicted molar refractivity (Wildman–Crippen MR) is 120 cm³/mol. The molecule has 8 nitrogen and oxygen atoms in total. The van der Waals surface area contributed by atoms with Crippen molar-refractivity contribution >= 4 is 29.4 Å². The first kappa shape index (κ1) is 29.7. The van der Waals surface area contributed by atoms with E-state index in [0.29, 0.717) is 31.1 Å². The Labute approximate surface area is 201 Å². The lowest BCUT2D eigenvalue weighted by molar-refractivity contribution is -0.192. The minimum absolute atomic E-state index is 0.159. The number of hydrogen-bond acceptors (Lipinski definition) is 5. The first-order valence-electron chi connectivity index (χ1n) is 10.6. The number of aliphatic hydroxyl groups is 1. The zero-order valence-electron chi connectivity index (χ0n) is 19.3. The highest BCUT2D eigenvalue weighted by Crippen LogP contribution is 2.30. The van der Waals surface area contributed by atoms with Crippen molar-refractivity contribution in [2.75, 3.05) is 13.2 Å². The van der Waals surface area contributed by atoms with Crippen molar-refractivity contribution in [1.29, 1.82) is 0 Å². The van der Waals surface area contributed by atoms with E-state index < -0.39 is 24.1 Å². The van der Waals surface area contributed by atoms with Gasteiger partial charge < -0.3 is 26.2 Å². The lowest BCUT2D eigenvalue weighted by Gasteiger charge is -2.34. The van der Waals surface area contributed by atoms with E-state index in [1.54, 1.807) is 17.0 Å². The van der Waals surface area contributed by atoms with Gasteiger partial charge in [-0.15, -0.1) is 0 Å². The van der Waals surface area contributed by atoms with Gasteiger partial charge in [0.25, 0.3) is 0 Å². The van der Waals surface area contributed by atoms with Gasteiger partial charge in [-0.05, 0) is 41.5 Å². The number of carbonyl (C=O) groups is 3. The Kier molecular flexibility index (Phi) is 10.8. The summed E-state index contributed by atoms with van der Waals surface area (Å²) in [5.74, 6) is -3.63. The molecular formula is C22H31ClF3N3O5. The van der Waals surface area contributed by atoms with Crippen LogP contribution in [0, 0.1) is 11.3 Å². The Morgan fingerprint density at radius 1 is 1.24 bits per heavy atom. The molecule has 0 aliphatic carbocycles. The van der Waals surface area contributed by atoms with Gasteiger partial charge in [0.05, 0.1) is 12.5 Å². The van der Waals surface area contributed by atoms with Crippen LogP contribution in [-0.2, 0) is 27.5 Å². The van der Waals surface area contributed by atoms with Crippen molar-refractivity contribution in [2.45, 2.75) is 58.9 Å². The fourth-order valence-electron chi connectivity index (χ4n) is 3.48. The van der Waals surface area contributed by atoms with Crippen molar-refractivity contribution in [3.63, 3.8) is 0 Å². The molecule has 34 heavy (non-hydrogen) atoms. The molecule has 1 aromatic rings. The van der Waals surface area contributed by atoms with Gasteiger partial charge in [0.2, 0.25) is 11.8 Å². The van der Waals surface area contributed by atoms with Gasteiger partial charge in [0, 0.05) is 24.7 Å². The molecule has 0 aromatic heterocycles. The fourth-order valence-corrected chi connectivity index (χ4v) is 3.68. The number of rotatable bonds is 6. The third kappa shape index (κ3) is 8.44. The number of amides is 2. The van der Waals surface area contributed by atoms with E-state index in [0.717, 1.165) is 17.5 Å². The van der Waals surface area contributed by atoms with Gasteiger partial charge in [-0.2, -0.15) is 13.2 Å². The van der Waals surface area contributed by atoms with E-state index in [1.165, 1.54) is 0 Å². The van der Waals surface area contributed by atoms with Gasteiger partial charge in [0.1, 0.15) is 6.04 Å². The highest BCUT2D eigenvalue weighted by Gasteiger charge is 2.40. The molecule has 0 bridgehead atoms. The second-order valence-electron chi connectivity index (χ2n) is 8.93. The zero-order valence-corrected chi connectivity index (χ0v) is 20.0. The summed E-state index contributed by atoms with van der Waals surface area (Å²) in [6, 6.07) is 4.91. The molecule has 2 rings (SSSR count). The van der Waals surface area contributed by atoms with Crippen LogP contribution in [-0.4, -0.2) is 58.3 Å². The number of aliphatic hydroxyl groups excluding tert-OH is 1. The minimum atomic E-state index is -5.08. The van der Waals surface area contributed by atoms with Crippen LogP contribution in [0.25, 0.3) is 0 Å². The van der Waals surface area contributed by atoms with Gasteiger partial charge >= 0.3 is 12.1 Å². The average molecular weight is 510 g/mol. The van der Waals surface area contributed by atoms with Crippen LogP contribution >= 0.6 is 11.6 Å². The second-order valence-corrected chi connectivity index (χ2v) is 9.37. The van der Waals surface area contributed by atoms with Crippen molar-refractivity contribution < 1.29 is 37.8 Å². The van der Waals surface area contributed by atoms with E-state index in [2.05, 4.69) is 5.32 Å². The number of alkyl halides is 3. The number of nitrogens with zero attached hydrogens (tertiary/aromatic N) is 1. The molecular weight excluding hydrogens is 479 g/mol. The third-order valence-electron chi connectivity index (χ3n) is 5.45. The molecule has 1 saturated heterocycles. The van der Waals surface area contributed by atoms with Crippen molar-refractivity contribution in [2.24, 2.45) is 17.1 Å². The molecule has 0 spiro atoms. The number of halogens is 4. The Morgan fingerprint density at radius 2 is 1.82 bits per heavy atom. The first-order valence-corrected chi connectivity index (χ1v) is 11.0. The molecule has 1 heterocycles. The number of carboxylic acid groups (broad SMARTS) is 1. The summed E-state index contributed by atoms with van der Waals surface area (Å²) in [5, 5.41) is 20.3. The molecule has 5 N–H and O–H groups in total. The van der Waals surface area contributed by atoms with Crippen molar-refractivity contribution in [1.82, 2.24) is 10.2 Å². The van der Waals surface area contributed by atoms with Crippen molar-refractivity contribution in [3.8, 4) is 0 Å². The van der Waals surface area contributed by atoms with Crippen LogP contribution in [0.1, 0.15) is 44.7 Å². The molecule has 192 valence electrons. The van der Waals surface area contributed by atoms with Crippen LogP contribution in [0.3, 0.4) is 0 Å². The largest absolute Gasteiger partial charge is 0.490 e. The molecule has 2 atom stereocenters. The number of carboxylic acids is 1. The summed E-state index contributed by atoms with van der Waals surface area (Å²) >= 11 is 6.04. The molecule has 1 fully saturated rings. The van der Waals surface area contributed by atoms with E-state index in [9.17, 15) is 27.9 Å². The van der Waals surface area contributed by atoms with Crippen LogP contribution in [0.5, 0.6) is 0 Å². The minimum Gasteiger partial charge on any atom is -0.475 e. The number of carbonyl (C=O) groups excluding carboxylic acids is 2. The number of nitrogens with one attached hydrogen (secondary N) is 1. The Morgan fingerprint density at radius 3 is 2.29 bits per heavy atom. The van der Waals surface area contributed by atoms with E-state index in [-0.39, 0.29) is 23.8 Å². The van der Waals surface area contributed by atoms with E-state index >= 15 is 0 Å².